The SMILES string of the molecule is COc1ccc(C(C#N)Nc2ccc(Cl)c(Br)c2)cn1. The van der Waals surface area contributed by atoms with Crippen LogP contribution in [0.15, 0.2) is 41.0 Å². The van der Waals surface area contributed by atoms with E-state index < -0.39 is 6.04 Å². The van der Waals surface area contributed by atoms with Crippen molar-refractivity contribution in [3.05, 3.63) is 51.6 Å². The van der Waals surface area contributed by atoms with E-state index in [0.29, 0.717) is 10.9 Å². The Balaban J connectivity index is 2.19. The van der Waals surface area contributed by atoms with E-state index in [1.165, 1.54) is 0 Å². The van der Waals surface area contributed by atoms with Crippen LogP contribution >= 0.6 is 27.5 Å². The largest absolute Gasteiger partial charge is 0.481 e. The first-order valence-electron chi connectivity index (χ1n) is 5.75. The highest BCUT2D eigenvalue weighted by Crippen LogP contribution is 2.27. The third kappa shape index (κ3) is 3.41. The number of benzene rings is 1. The Hall–Kier alpha value is -1.77. The molecule has 0 amide bonds. The average Bonchev–Trinajstić information content (AvgIpc) is 2.48. The maximum absolute atomic E-state index is 9.28. The Kier molecular flexibility index (Phi) is 4.83. The summed E-state index contributed by atoms with van der Waals surface area (Å²) >= 11 is 9.29. The van der Waals surface area contributed by atoms with Gasteiger partial charge in [-0.05, 0) is 40.2 Å². The molecule has 0 aliphatic heterocycles. The maximum Gasteiger partial charge on any atom is 0.212 e. The smallest absolute Gasteiger partial charge is 0.212 e. The molecule has 0 fully saturated rings. The van der Waals surface area contributed by atoms with Gasteiger partial charge in [0.05, 0.1) is 18.2 Å². The minimum Gasteiger partial charge on any atom is -0.481 e. The molecule has 0 aliphatic carbocycles. The quantitative estimate of drug-likeness (QED) is 0.896. The van der Waals surface area contributed by atoms with Gasteiger partial charge < -0.3 is 10.1 Å². The van der Waals surface area contributed by atoms with Crippen molar-refractivity contribution in [1.29, 1.82) is 5.26 Å². The molecule has 1 aromatic carbocycles. The summed E-state index contributed by atoms with van der Waals surface area (Å²) in [6, 6.07) is 10.6. The van der Waals surface area contributed by atoms with Crippen molar-refractivity contribution in [2.45, 2.75) is 6.04 Å². The molecular weight excluding hydrogens is 342 g/mol. The van der Waals surface area contributed by atoms with Gasteiger partial charge in [-0.15, -0.1) is 0 Å². The van der Waals surface area contributed by atoms with Crippen molar-refractivity contribution >= 4 is 33.2 Å². The summed E-state index contributed by atoms with van der Waals surface area (Å²) in [6.07, 6.45) is 1.62. The highest BCUT2D eigenvalue weighted by Gasteiger charge is 2.11. The number of nitrogens with one attached hydrogen (secondary N) is 1. The van der Waals surface area contributed by atoms with Gasteiger partial charge in [0.2, 0.25) is 5.88 Å². The van der Waals surface area contributed by atoms with Crippen LogP contribution in [0.25, 0.3) is 0 Å². The Labute approximate surface area is 130 Å². The molecule has 1 heterocycles. The van der Waals surface area contributed by atoms with Crippen LogP contribution in [0.5, 0.6) is 5.88 Å². The first-order valence-corrected chi connectivity index (χ1v) is 6.92. The van der Waals surface area contributed by atoms with Gasteiger partial charge >= 0.3 is 0 Å². The number of ether oxygens (including phenoxy) is 1. The number of hydrogen-bond donors (Lipinski definition) is 1. The number of rotatable bonds is 4. The van der Waals surface area contributed by atoms with E-state index in [2.05, 4.69) is 32.3 Å². The van der Waals surface area contributed by atoms with Crippen molar-refractivity contribution in [2.24, 2.45) is 0 Å². The Morgan fingerprint density at radius 1 is 1.40 bits per heavy atom. The summed E-state index contributed by atoms with van der Waals surface area (Å²) < 4.78 is 5.77. The van der Waals surface area contributed by atoms with Gasteiger partial charge in [-0.2, -0.15) is 5.26 Å². The summed E-state index contributed by atoms with van der Waals surface area (Å²) in [4.78, 5) is 4.10. The second-order valence-electron chi connectivity index (χ2n) is 3.97. The van der Waals surface area contributed by atoms with E-state index in [1.807, 2.05) is 12.1 Å². The summed E-state index contributed by atoms with van der Waals surface area (Å²) in [5.41, 5.74) is 1.56. The highest BCUT2D eigenvalue weighted by atomic mass is 79.9. The monoisotopic (exact) mass is 351 g/mol. The molecule has 0 saturated carbocycles. The topological polar surface area (TPSA) is 57.9 Å². The lowest BCUT2D eigenvalue weighted by Crippen LogP contribution is -2.08. The highest BCUT2D eigenvalue weighted by molar-refractivity contribution is 9.10. The van der Waals surface area contributed by atoms with Crippen LogP contribution in [-0.4, -0.2) is 12.1 Å². The van der Waals surface area contributed by atoms with Crippen LogP contribution in [0.3, 0.4) is 0 Å². The molecule has 0 radical (unpaired) electrons. The third-order valence-electron chi connectivity index (χ3n) is 2.66. The van der Waals surface area contributed by atoms with Crippen LogP contribution < -0.4 is 10.1 Å². The van der Waals surface area contributed by atoms with E-state index in [1.54, 1.807) is 31.5 Å². The van der Waals surface area contributed by atoms with Crippen LogP contribution in [-0.2, 0) is 0 Å². The summed E-state index contributed by atoms with van der Waals surface area (Å²) in [6.45, 7) is 0. The summed E-state index contributed by atoms with van der Waals surface area (Å²) in [5, 5.41) is 13.0. The predicted molar refractivity (Wildman–Crippen MR) is 81.9 cm³/mol. The minimum absolute atomic E-state index is 0.499. The number of halogens is 2. The maximum atomic E-state index is 9.28. The molecular formula is C14H11BrClN3O. The molecule has 0 saturated heterocycles. The van der Waals surface area contributed by atoms with E-state index in [4.69, 9.17) is 16.3 Å². The van der Waals surface area contributed by atoms with Gasteiger partial charge in [0.15, 0.2) is 0 Å². The van der Waals surface area contributed by atoms with Crippen LogP contribution in [0, 0.1) is 11.3 Å². The predicted octanol–water partition coefficient (Wildman–Crippen LogP) is 4.18. The van der Waals surface area contributed by atoms with E-state index in [9.17, 15) is 5.26 Å². The van der Waals surface area contributed by atoms with E-state index in [0.717, 1.165) is 15.7 Å². The van der Waals surface area contributed by atoms with Crippen molar-refractivity contribution < 1.29 is 4.74 Å². The van der Waals surface area contributed by atoms with Gasteiger partial charge in [-0.1, -0.05) is 11.6 Å². The molecule has 0 aliphatic rings. The van der Waals surface area contributed by atoms with Crippen molar-refractivity contribution in [1.82, 2.24) is 4.98 Å². The number of nitriles is 1. The minimum atomic E-state index is -0.499. The number of methoxy groups -OCH3 is 1. The lowest BCUT2D eigenvalue weighted by Gasteiger charge is -2.14. The lowest BCUT2D eigenvalue weighted by molar-refractivity contribution is 0.397. The Morgan fingerprint density at radius 2 is 2.20 bits per heavy atom. The Bertz CT molecular complexity index is 640. The van der Waals surface area contributed by atoms with Crippen molar-refractivity contribution in [3.63, 3.8) is 0 Å². The van der Waals surface area contributed by atoms with E-state index >= 15 is 0 Å². The number of anilines is 1. The number of aromatic nitrogens is 1. The zero-order valence-electron chi connectivity index (χ0n) is 10.6. The van der Waals surface area contributed by atoms with Crippen LogP contribution in [0.4, 0.5) is 5.69 Å². The summed E-state index contributed by atoms with van der Waals surface area (Å²) in [7, 11) is 1.55. The summed E-state index contributed by atoms with van der Waals surface area (Å²) in [5.74, 6) is 0.514. The van der Waals surface area contributed by atoms with Crippen LogP contribution in [0.2, 0.25) is 5.02 Å². The molecule has 102 valence electrons. The van der Waals surface area contributed by atoms with Gasteiger partial charge in [0.1, 0.15) is 6.04 Å². The molecule has 1 aromatic heterocycles. The van der Waals surface area contributed by atoms with E-state index in [-0.39, 0.29) is 0 Å². The number of hydrogen-bond acceptors (Lipinski definition) is 4. The molecule has 2 aromatic rings. The fraction of sp³-hybridized carbons (Fsp3) is 0.143. The molecule has 1 N–H and O–H groups in total. The third-order valence-corrected chi connectivity index (χ3v) is 3.88. The molecule has 1 atom stereocenters. The Morgan fingerprint density at radius 3 is 2.75 bits per heavy atom. The van der Waals surface area contributed by atoms with Crippen LogP contribution in [0.1, 0.15) is 11.6 Å². The fourth-order valence-corrected chi connectivity index (χ4v) is 2.12. The number of pyridine rings is 1. The normalized spacial score (nSPS) is 11.5. The molecule has 6 heteroatoms. The first kappa shape index (κ1) is 14.6. The van der Waals surface area contributed by atoms with Crippen molar-refractivity contribution in [3.8, 4) is 11.9 Å². The number of nitrogens with zero attached hydrogens (tertiary/aromatic N) is 2. The van der Waals surface area contributed by atoms with Gasteiger partial charge in [0.25, 0.3) is 0 Å². The van der Waals surface area contributed by atoms with Crippen molar-refractivity contribution in [2.75, 3.05) is 12.4 Å². The standard InChI is InChI=1S/C14H11BrClN3O/c1-20-14-5-2-9(8-18-14)13(7-17)19-10-3-4-12(16)11(15)6-10/h2-6,8,13,19H,1H3. The fourth-order valence-electron chi connectivity index (χ4n) is 1.63. The lowest BCUT2D eigenvalue weighted by atomic mass is 10.1. The van der Waals surface area contributed by atoms with Gasteiger partial charge in [-0.3, -0.25) is 0 Å². The average molecular weight is 353 g/mol. The molecule has 20 heavy (non-hydrogen) atoms. The molecule has 4 nitrogen and oxygen atoms in total. The molecule has 1 unspecified atom stereocenters. The molecule has 0 spiro atoms. The second kappa shape index (κ2) is 6.60. The zero-order valence-corrected chi connectivity index (χ0v) is 12.9. The molecule has 0 bridgehead atoms. The first-order chi connectivity index (χ1) is 9.63. The molecule has 2 rings (SSSR count). The second-order valence-corrected chi connectivity index (χ2v) is 5.23. The zero-order chi connectivity index (χ0) is 14.5. The van der Waals surface area contributed by atoms with Gasteiger partial charge in [-0.25, -0.2) is 4.98 Å². The van der Waals surface area contributed by atoms with Gasteiger partial charge in [0, 0.05) is 28.0 Å².